The van der Waals surface area contributed by atoms with Crippen LogP contribution in [0.25, 0.3) is 0 Å². The first-order valence-corrected chi connectivity index (χ1v) is 8.07. The molecule has 0 aliphatic heterocycles. The maximum absolute atomic E-state index is 5.97. The van der Waals surface area contributed by atoms with Crippen LogP contribution < -0.4 is 10.5 Å². The molecule has 0 aliphatic carbocycles. The lowest BCUT2D eigenvalue weighted by Crippen LogP contribution is -2.14. The molecule has 0 saturated carbocycles. The Balaban J connectivity index is 1.86. The minimum atomic E-state index is 0.420. The van der Waals surface area contributed by atoms with E-state index in [9.17, 15) is 0 Å². The summed E-state index contributed by atoms with van der Waals surface area (Å²) < 4.78 is 5.91. The Morgan fingerprint density at radius 2 is 1.77 bits per heavy atom. The molecule has 2 aromatic carbocycles. The first-order chi connectivity index (χ1) is 10.6. The van der Waals surface area contributed by atoms with Crippen molar-refractivity contribution in [1.82, 2.24) is 0 Å². The van der Waals surface area contributed by atoms with Crippen molar-refractivity contribution in [2.75, 3.05) is 13.2 Å². The Morgan fingerprint density at radius 3 is 2.45 bits per heavy atom. The van der Waals surface area contributed by atoms with Gasteiger partial charge < -0.3 is 10.5 Å². The second kappa shape index (κ2) is 8.00. The van der Waals surface area contributed by atoms with Crippen molar-refractivity contribution in [1.29, 1.82) is 0 Å². The normalized spacial score (nSPS) is 12.2. The van der Waals surface area contributed by atoms with Crippen molar-refractivity contribution in [3.05, 3.63) is 64.7 Å². The van der Waals surface area contributed by atoms with E-state index in [0.717, 1.165) is 25.2 Å². The number of hydrogen-bond donors (Lipinski definition) is 1. The highest BCUT2D eigenvalue weighted by molar-refractivity contribution is 5.35. The lowest BCUT2D eigenvalue weighted by Gasteiger charge is -2.18. The van der Waals surface area contributed by atoms with Crippen LogP contribution in [0.1, 0.15) is 41.0 Å². The Bertz CT molecular complexity index is 606. The Kier molecular flexibility index (Phi) is 6.02. The quantitative estimate of drug-likeness (QED) is 0.763. The molecule has 22 heavy (non-hydrogen) atoms. The van der Waals surface area contributed by atoms with Crippen molar-refractivity contribution in [3.8, 4) is 5.75 Å². The van der Waals surface area contributed by atoms with E-state index in [-0.39, 0.29) is 0 Å². The molecule has 0 radical (unpaired) electrons. The van der Waals surface area contributed by atoms with Crippen LogP contribution in [0.15, 0.2) is 42.5 Å². The van der Waals surface area contributed by atoms with Gasteiger partial charge in [-0.1, -0.05) is 42.0 Å². The summed E-state index contributed by atoms with van der Waals surface area (Å²) in [7, 11) is 0. The molecule has 0 heterocycles. The van der Waals surface area contributed by atoms with Gasteiger partial charge in [-0.3, -0.25) is 0 Å². The Morgan fingerprint density at radius 1 is 1.00 bits per heavy atom. The zero-order valence-electron chi connectivity index (χ0n) is 13.9. The predicted octanol–water partition coefficient (Wildman–Crippen LogP) is 4.51. The third-order valence-electron chi connectivity index (χ3n) is 4.20. The maximum Gasteiger partial charge on any atom is 0.122 e. The van der Waals surface area contributed by atoms with Gasteiger partial charge in [-0.2, -0.15) is 0 Å². The van der Waals surface area contributed by atoms with E-state index in [4.69, 9.17) is 10.5 Å². The number of hydrogen-bond acceptors (Lipinski definition) is 2. The van der Waals surface area contributed by atoms with E-state index in [0.29, 0.717) is 12.5 Å². The molecule has 2 nitrogen and oxygen atoms in total. The zero-order valence-corrected chi connectivity index (χ0v) is 13.9. The number of benzene rings is 2. The van der Waals surface area contributed by atoms with Crippen molar-refractivity contribution >= 4 is 0 Å². The van der Waals surface area contributed by atoms with Crippen molar-refractivity contribution in [2.24, 2.45) is 5.73 Å². The molecule has 1 unspecified atom stereocenters. The van der Waals surface area contributed by atoms with Gasteiger partial charge in [0.15, 0.2) is 0 Å². The molecule has 2 rings (SSSR count). The van der Waals surface area contributed by atoms with Gasteiger partial charge in [-0.15, -0.1) is 0 Å². The highest BCUT2D eigenvalue weighted by atomic mass is 16.5. The number of nitrogens with two attached hydrogens (primary N) is 1. The summed E-state index contributed by atoms with van der Waals surface area (Å²) in [5, 5.41) is 0. The Labute approximate surface area is 134 Å². The van der Waals surface area contributed by atoms with Gasteiger partial charge >= 0.3 is 0 Å². The van der Waals surface area contributed by atoms with Gasteiger partial charge in [0.1, 0.15) is 5.75 Å². The van der Waals surface area contributed by atoms with Gasteiger partial charge in [0.25, 0.3) is 0 Å². The first-order valence-electron chi connectivity index (χ1n) is 8.07. The molecular formula is C20H27NO. The van der Waals surface area contributed by atoms with Gasteiger partial charge in [0.2, 0.25) is 0 Å². The SMILES string of the molecule is Cc1ccc(OCCCC(CN)c2ccccc2C)c(C)c1. The topological polar surface area (TPSA) is 35.2 Å². The van der Waals surface area contributed by atoms with E-state index in [1.165, 1.54) is 22.3 Å². The standard InChI is InChI=1S/C20H27NO/c1-15-10-11-20(17(3)13-15)22-12-6-8-18(14-21)19-9-5-4-7-16(19)2/h4-5,7,9-11,13,18H,6,8,12,14,21H2,1-3H3. The van der Waals surface area contributed by atoms with Crippen molar-refractivity contribution < 1.29 is 4.74 Å². The average Bonchev–Trinajstić information content (AvgIpc) is 2.50. The van der Waals surface area contributed by atoms with Crippen LogP contribution in [0.4, 0.5) is 0 Å². The molecule has 0 amide bonds. The van der Waals surface area contributed by atoms with Crippen molar-refractivity contribution in [2.45, 2.75) is 39.5 Å². The first kappa shape index (κ1) is 16.6. The second-order valence-electron chi connectivity index (χ2n) is 6.05. The molecule has 0 bridgehead atoms. The minimum absolute atomic E-state index is 0.420. The van der Waals surface area contributed by atoms with Crippen LogP contribution in [0, 0.1) is 20.8 Å². The number of aryl methyl sites for hydroxylation is 3. The average molecular weight is 297 g/mol. The summed E-state index contributed by atoms with van der Waals surface area (Å²) in [4.78, 5) is 0. The van der Waals surface area contributed by atoms with Gasteiger partial charge in [0.05, 0.1) is 6.61 Å². The molecule has 0 aromatic heterocycles. The van der Waals surface area contributed by atoms with E-state index in [2.05, 4.69) is 63.2 Å². The van der Waals surface area contributed by atoms with Crippen LogP contribution in [0.5, 0.6) is 5.75 Å². The molecule has 0 fully saturated rings. The maximum atomic E-state index is 5.97. The summed E-state index contributed by atoms with van der Waals surface area (Å²) in [5.41, 5.74) is 11.1. The fraction of sp³-hybridized carbons (Fsp3) is 0.400. The molecular weight excluding hydrogens is 270 g/mol. The van der Waals surface area contributed by atoms with Gasteiger partial charge in [-0.25, -0.2) is 0 Å². The van der Waals surface area contributed by atoms with Crippen LogP contribution in [-0.2, 0) is 0 Å². The van der Waals surface area contributed by atoms with E-state index in [1.807, 2.05) is 0 Å². The summed E-state index contributed by atoms with van der Waals surface area (Å²) in [6, 6.07) is 14.8. The number of ether oxygens (including phenoxy) is 1. The summed E-state index contributed by atoms with van der Waals surface area (Å²) in [6.45, 7) is 7.79. The molecule has 2 aromatic rings. The highest BCUT2D eigenvalue weighted by Crippen LogP contribution is 2.24. The van der Waals surface area contributed by atoms with E-state index in [1.54, 1.807) is 0 Å². The summed E-state index contributed by atoms with van der Waals surface area (Å²) >= 11 is 0. The third-order valence-corrected chi connectivity index (χ3v) is 4.20. The molecule has 0 saturated heterocycles. The molecule has 2 heteroatoms. The minimum Gasteiger partial charge on any atom is -0.493 e. The van der Waals surface area contributed by atoms with Gasteiger partial charge in [0, 0.05) is 0 Å². The van der Waals surface area contributed by atoms with Crippen LogP contribution in [0.3, 0.4) is 0 Å². The fourth-order valence-electron chi connectivity index (χ4n) is 2.92. The molecule has 118 valence electrons. The predicted molar refractivity (Wildman–Crippen MR) is 93.6 cm³/mol. The fourth-order valence-corrected chi connectivity index (χ4v) is 2.92. The van der Waals surface area contributed by atoms with Gasteiger partial charge in [-0.05, 0) is 68.8 Å². The molecule has 0 spiro atoms. The molecule has 2 N–H and O–H groups in total. The monoisotopic (exact) mass is 297 g/mol. The van der Waals surface area contributed by atoms with E-state index < -0.39 is 0 Å². The van der Waals surface area contributed by atoms with Crippen LogP contribution in [0.2, 0.25) is 0 Å². The lowest BCUT2D eigenvalue weighted by atomic mass is 9.91. The summed E-state index contributed by atoms with van der Waals surface area (Å²) in [5.74, 6) is 1.41. The lowest BCUT2D eigenvalue weighted by molar-refractivity contribution is 0.300. The largest absolute Gasteiger partial charge is 0.493 e. The molecule has 1 atom stereocenters. The Hall–Kier alpha value is -1.80. The van der Waals surface area contributed by atoms with Crippen LogP contribution >= 0.6 is 0 Å². The smallest absolute Gasteiger partial charge is 0.122 e. The van der Waals surface area contributed by atoms with E-state index >= 15 is 0 Å². The third kappa shape index (κ3) is 4.35. The zero-order chi connectivity index (χ0) is 15.9. The van der Waals surface area contributed by atoms with Crippen LogP contribution in [-0.4, -0.2) is 13.2 Å². The number of rotatable bonds is 7. The summed E-state index contributed by atoms with van der Waals surface area (Å²) in [6.07, 6.45) is 2.08. The second-order valence-corrected chi connectivity index (χ2v) is 6.05. The van der Waals surface area contributed by atoms with Crippen molar-refractivity contribution in [3.63, 3.8) is 0 Å². The highest BCUT2D eigenvalue weighted by Gasteiger charge is 2.11. The molecule has 0 aliphatic rings.